The van der Waals surface area contributed by atoms with Crippen LogP contribution in [0.25, 0.3) is 0 Å². The number of amides is 1. The average Bonchev–Trinajstić information content (AvgIpc) is 2.35. The summed E-state index contributed by atoms with van der Waals surface area (Å²) in [4.78, 5) is 13.5. The summed E-state index contributed by atoms with van der Waals surface area (Å²) in [7, 11) is 1.70. The van der Waals surface area contributed by atoms with Crippen LogP contribution in [0.3, 0.4) is 0 Å². The highest BCUT2D eigenvalue weighted by atomic mass is 16.1. The molecule has 1 saturated heterocycles. The first-order chi connectivity index (χ1) is 7.76. The summed E-state index contributed by atoms with van der Waals surface area (Å²) >= 11 is 0. The zero-order valence-corrected chi connectivity index (χ0v) is 10.6. The van der Waals surface area contributed by atoms with E-state index < -0.39 is 0 Å². The SMILES string of the molecule is CCN(CCC(=O)NC)CC1CCCCN1. The minimum Gasteiger partial charge on any atom is -0.359 e. The van der Waals surface area contributed by atoms with Crippen molar-refractivity contribution in [3.63, 3.8) is 0 Å². The maximum Gasteiger partial charge on any atom is 0.221 e. The van der Waals surface area contributed by atoms with Gasteiger partial charge in [-0.25, -0.2) is 0 Å². The van der Waals surface area contributed by atoms with Gasteiger partial charge in [0.15, 0.2) is 0 Å². The van der Waals surface area contributed by atoms with Crippen molar-refractivity contribution in [3.05, 3.63) is 0 Å². The van der Waals surface area contributed by atoms with E-state index in [1.54, 1.807) is 7.05 Å². The molecule has 0 bridgehead atoms. The Balaban J connectivity index is 2.22. The Labute approximate surface area is 98.8 Å². The number of likely N-dealkylation sites (N-methyl/N-ethyl adjacent to an activating group) is 1. The Bertz CT molecular complexity index is 202. The van der Waals surface area contributed by atoms with Gasteiger partial charge in [0.25, 0.3) is 0 Å². The molecule has 1 aliphatic rings. The predicted octanol–water partition coefficient (Wildman–Crippen LogP) is 0.587. The molecule has 0 spiro atoms. The maximum atomic E-state index is 11.2. The van der Waals surface area contributed by atoms with E-state index in [0.717, 1.165) is 26.2 Å². The number of hydrogen-bond donors (Lipinski definition) is 2. The molecular weight excluding hydrogens is 202 g/mol. The fraction of sp³-hybridized carbons (Fsp3) is 0.917. The minimum absolute atomic E-state index is 0.134. The molecule has 4 nitrogen and oxygen atoms in total. The Morgan fingerprint density at radius 1 is 1.50 bits per heavy atom. The van der Waals surface area contributed by atoms with E-state index in [1.807, 2.05) is 0 Å². The molecule has 0 aromatic rings. The summed E-state index contributed by atoms with van der Waals surface area (Å²) in [6.45, 7) is 6.28. The molecule has 94 valence electrons. The number of nitrogens with zero attached hydrogens (tertiary/aromatic N) is 1. The van der Waals surface area contributed by atoms with E-state index in [9.17, 15) is 4.79 Å². The van der Waals surface area contributed by atoms with Crippen LogP contribution < -0.4 is 10.6 Å². The van der Waals surface area contributed by atoms with Crippen LogP contribution in [0.4, 0.5) is 0 Å². The maximum absolute atomic E-state index is 11.2. The molecule has 1 fully saturated rings. The Morgan fingerprint density at radius 3 is 2.88 bits per heavy atom. The molecule has 0 radical (unpaired) electrons. The second-order valence-corrected chi connectivity index (χ2v) is 4.46. The number of rotatable bonds is 6. The fourth-order valence-corrected chi connectivity index (χ4v) is 2.15. The van der Waals surface area contributed by atoms with E-state index in [4.69, 9.17) is 0 Å². The van der Waals surface area contributed by atoms with Crippen LogP contribution in [0.2, 0.25) is 0 Å². The molecule has 0 saturated carbocycles. The van der Waals surface area contributed by atoms with Crippen LogP contribution >= 0.6 is 0 Å². The van der Waals surface area contributed by atoms with Crippen LogP contribution in [-0.4, -0.2) is 50.1 Å². The Kier molecular flexibility index (Phi) is 6.42. The highest BCUT2D eigenvalue weighted by molar-refractivity contribution is 5.75. The lowest BCUT2D eigenvalue weighted by molar-refractivity contribution is -0.120. The normalized spacial score (nSPS) is 21.1. The molecule has 1 atom stereocenters. The summed E-state index contributed by atoms with van der Waals surface area (Å²) in [5.74, 6) is 0.134. The molecule has 1 rings (SSSR count). The van der Waals surface area contributed by atoms with Gasteiger partial charge in [0.1, 0.15) is 0 Å². The van der Waals surface area contributed by atoms with Crippen molar-refractivity contribution in [1.29, 1.82) is 0 Å². The van der Waals surface area contributed by atoms with Crippen LogP contribution in [0, 0.1) is 0 Å². The van der Waals surface area contributed by atoms with Crippen molar-refractivity contribution >= 4 is 5.91 Å². The second kappa shape index (κ2) is 7.63. The molecule has 0 aromatic heterocycles. The lowest BCUT2D eigenvalue weighted by Crippen LogP contribution is -2.44. The number of piperidine rings is 1. The van der Waals surface area contributed by atoms with Gasteiger partial charge in [-0.1, -0.05) is 13.3 Å². The standard InChI is InChI=1S/C12H25N3O/c1-3-15(9-7-12(16)13-2)10-11-6-4-5-8-14-11/h11,14H,3-10H2,1-2H3,(H,13,16). The van der Waals surface area contributed by atoms with Crippen LogP contribution in [-0.2, 0) is 4.79 Å². The van der Waals surface area contributed by atoms with Gasteiger partial charge in [0.05, 0.1) is 0 Å². The van der Waals surface area contributed by atoms with Crippen molar-refractivity contribution < 1.29 is 4.79 Å². The van der Waals surface area contributed by atoms with E-state index in [-0.39, 0.29) is 5.91 Å². The van der Waals surface area contributed by atoms with Crippen molar-refractivity contribution in [2.24, 2.45) is 0 Å². The predicted molar refractivity (Wildman–Crippen MR) is 66.4 cm³/mol. The van der Waals surface area contributed by atoms with E-state index >= 15 is 0 Å². The molecule has 0 aliphatic carbocycles. The third-order valence-electron chi connectivity index (χ3n) is 3.27. The third-order valence-corrected chi connectivity index (χ3v) is 3.27. The van der Waals surface area contributed by atoms with Crippen LogP contribution in [0.1, 0.15) is 32.6 Å². The summed E-state index contributed by atoms with van der Waals surface area (Å²) < 4.78 is 0. The van der Waals surface area contributed by atoms with Crippen LogP contribution in [0.15, 0.2) is 0 Å². The van der Waals surface area contributed by atoms with E-state index in [0.29, 0.717) is 12.5 Å². The zero-order chi connectivity index (χ0) is 11.8. The number of hydrogen-bond acceptors (Lipinski definition) is 3. The molecule has 1 aliphatic heterocycles. The smallest absolute Gasteiger partial charge is 0.221 e. The number of carbonyl (C=O) groups excluding carboxylic acids is 1. The molecule has 4 heteroatoms. The van der Waals surface area contributed by atoms with Gasteiger partial charge in [0.2, 0.25) is 5.91 Å². The molecule has 1 unspecified atom stereocenters. The van der Waals surface area contributed by atoms with Gasteiger partial charge in [-0.2, -0.15) is 0 Å². The molecule has 1 amide bonds. The zero-order valence-electron chi connectivity index (χ0n) is 10.6. The van der Waals surface area contributed by atoms with Crippen molar-refractivity contribution in [2.45, 2.75) is 38.6 Å². The Hall–Kier alpha value is -0.610. The van der Waals surface area contributed by atoms with Crippen molar-refractivity contribution in [3.8, 4) is 0 Å². The van der Waals surface area contributed by atoms with E-state index in [2.05, 4.69) is 22.5 Å². The highest BCUT2D eigenvalue weighted by Crippen LogP contribution is 2.08. The summed E-state index contributed by atoms with van der Waals surface area (Å²) in [6.07, 6.45) is 4.53. The second-order valence-electron chi connectivity index (χ2n) is 4.46. The fourth-order valence-electron chi connectivity index (χ4n) is 2.15. The van der Waals surface area contributed by atoms with Gasteiger partial charge in [-0.15, -0.1) is 0 Å². The molecule has 16 heavy (non-hydrogen) atoms. The summed E-state index contributed by atoms with van der Waals surface area (Å²) in [5, 5.41) is 6.21. The van der Waals surface area contributed by atoms with Gasteiger partial charge >= 0.3 is 0 Å². The number of nitrogens with one attached hydrogen (secondary N) is 2. The quantitative estimate of drug-likeness (QED) is 0.698. The van der Waals surface area contributed by atoms with Crippen molar-refractivity contribution in [1.82, 2.24) is 15.5 Å². The first-order valence-electron chi connectivity index (χ1n) is 6.42. The number of carbonyl (C=O) groups is 1. The van der Waals surface area contributed by atoms with Gasteiger partial charge in [0, 0.05) is 32.6 Å². The third kappa shape index (κ3) is 4.94. The first-order valence-corrected chi connectivity index (χ1v) is 6.42. The molecule has 0 aromatic carbocycles. The lowest BCUT2D eigenvalue weighted by Gasteiger charge is -2.29. The molecule has 2 N–H and O–H groups in total. The monoisotopic (exact) mass is 227 g/mol. The molecular formula is C12H25N3O. The minimum atomic E-state index is 0.134. The highest BCUT2D eigenvalue weighted by Gasteiger charge is 2.15. The van der Waals surface area contributed by atoms with E-state index in [1.165, 1.54) is 19.3 Å². The Morgan fingerprint density at radius 2 is 2.31 bits per heavy atom. The van der Waals surface area contributed by atoms with Gasteiger partial charge in [-0.05, 0) is 25.9 Å². The lowest BCUT2D eigenvalue weighted by atomic mass is 10.0. The molecule has 1 heterocycles. The first kappa shape index (κ1) is 13.5. The summed E-state index contributed by atoms with van der Waals surface area (Å²) in [6, 6.07) is 0.624. The topological polar surface area (TPSA) is 44.4 Å². The largest absolute Gasteiger partial charge is 0.359 e. The van der Waals surface area contributed by atoms with Crippen LogP contribution in [0.5, 0.6) is 0 Å². The van der Waals surface area contributed by atoms with Gasteiger partial charge < -0.3 is 15.5 Å². The van der Waals surface area contributed by atoms with Gasteiger partial charge in [-0.3, -0.25) is 4.79 Å². The average molecular weight is 227 g/mol. The van der Waals surface area contributed by atoms with Crippen molar-refractivity contribution in [2.75, 3.05) is 33.2 Å². The summed E-state index contributed by atoms with van der Waals surface area (Å²) in [5.41, 5.74) is 0.